The van der Waals surface area contributed by atoms with Crippen LogP contribution in [0.25, 0.3) is 0 Å². The molecule has 3 nitrogen and oxygen atoms in total. The highest BCUT2D eigenvalue weighted by Crippen LogP contribution is 2.60. The van der Waals surface area contributed by atoms with Crippen LogP contribution in [0.4, 0.5) is 8.78 Å². The standard InChI is InChI=1S/C27H24ClF2NO2/c1-26(2,3)31-24-22-20(5-4-6-21(22)28)25(32)27(33-31,15-16-7-11-18(29)12-8-16)23(24)17-9-13-19(30)14-10-17/h4-14,23-24H,15H2,1-3H3. The summed E-state index contributed by atoms with van der Waals surface area (Å²) in [5.41, 5.74) is 1.06. The van der Waals surface area contributed by atoms with Crippen LogP contribution in [0, 0.1) is 11.6 Å². The summed E-state index contributed by atoms with van der Waals surface area (Å²) in [6.45, 7) is 6.05. The van der Waals surface area contributed by atoms with Gasteiger partial charge in [-0.25, -0.2) is 8.78 Å². The summed E-state index contributed by atoms with van der Waals surface area (Å²) in [6.07, 6.45) is 0.239. The number of hydroxylamine groups is 2. The van der Waals surface area contributed by atoms with Crippen LogP contribution in [0.15, 0.2) is 66.7 Å². The molecule has 33 heavy (non-hydrogen) atoms. The Kier molecular flexibility index (Phi) is 5.20. The third-order valence-corrected chi connectivity index (χ3v) is 6.91. The molecule has 3 aromatic rings. The number of benzene rings is 3. The van der Waals surface area contributed by atoms with E-state index in [1.165, 1.54) is 24.3 Å². The first-order valence-electron chi connectivity index (χ1n) is 10.9. The van der Waals surface area contributed by atoms with Crippen molar-refractivity contribution in [2.24, 2.45) is 0 Å². The monoisotopic (exact) mass is 467 g/mol. The Morgan fingerprint density at radius 2 is 1.58 bits per heavy atom. The van der Waals surface area contributed by atoms with Gasteiger partial charge in [-0.3, -0.25) is 9.63 Å². The fourth-order valence-corrected chi connectivity index (χ4v) is 5.50. The van der Waals surface area contributed by atoms with Crippen molar-refractivity contribution < 1.29 is 18.4 Å². The minimum atomic E-state index is -1.29. The molecule has 1 saturated heterocycles. The molecule has 0 amide bonds. The van der Waals surface area contributed by atoms with Crippen molar-refractivity contribution in [2.75, 3.05) is 0 Å². The summed E-state index contributed by atoms with van der Waals surface area (Å²) < 4.78 is 27.4. The number of carbonyl (C=O) groups is 1. The zero-order chi connectivity index (χ0) is 23.5. The average molecular weight is 468 g/mol. The van der Waals surface area contributed by atoms with Gasteiger partial charge in [-0.15, -0.1) is 0 Å². The Hall–Kier alpha value is -2.60. The van der Waals surface area contributed by atoms with Gasteiger partial charge in [0.05, 0.1) is 6.04 Å². The van der Waals surface area contributed by atoms with Crippen molar-refractivity contribution in [3.05, 3.63) is 106 Å². The molecule has 0 spiro atoms. The summed E-state index contributed by atoms with van der Waals surface area (Å²) in [5.74, 6) is -1.32. The van der Waals surface area contributed by atoms with Gasteiger partial charge >= 0.3 is 0 Å². The van der Waals surface area contributed by atoms with Crippen LogP contribution in [0.3, 0.4) is 0 Å². The van der Waals surface area contributed by atoms with E-state index < -0.39 is 17.1 Å². The topological polar surface area (TPSA) is 29.5 Å². The molecule has 6 heteroatoms. The van der Waals surface area contributed by atoms with E-state index in [0.29, 0.717) is 10.6 Å². The minimum Gasteiger partial charge on any atom is -0.291 e. The van der Waals surface area contributed by atoms with Crippen molar-refractivity contribution in [1.82, 2.24) is 5.06 Å². The molecular weight excluding hydrogens is 444 g/mol. The van der Waals surface area contributed by atoms with Gasteiger partial charge in [-0.2, -0.15) is 5.06 Å². The molecule has 3 aromatic carbocycles. The van der Waals surface area contributed by atoms with Gasteiger partial charge in [0.25, 0.3) is 0 Å². The van der Waals surface area contributed by atoms with E-state index in [-0.39, 0.29) is 29.9 Å². The predicted molar refractivity (Wildman–Crippen MR) is 123 cm³/mol. The second kappa shape index (κ2) is 7.73. The molecule has 0 N–H and O–H groups in total. The number of hydrogen-bond acceptors (Lipinski definition) is 3. The van der Waals surface area contributed by atoms with Crippen molar-refractivity contribution in [1.29, 1.82) is 0 Å². The lowest BCUT2D eigenvalue weighted by molar-refractivity contribution is -0.230. The third-order valence-electron chi connectivity index (χ3n) is 6.58. The Morgan fingerprint density at radius 1 is 0.970 bits per heavy atom. The van der Waals surface area contributed by atoms with Crippen molar-refractivity contribution in [2.45, 2.75) is 50.3 Å². The average Bonchev–Trinajstić information content (AvgIpc) is 3.06. The highest BCUT2D eigenvalue weighted by Gasteiger charge is 2.65. The van der Waals surface area contributed by atoms with Crippen molar-refractivity contribution in [3.8, 4) is 0 Å². The first-order valence-corrected chi connectivity index (χ1v) is 11.3. The predicted octanol–water partition coefficient (Wildman–Crippen LogP) is 6.67. The lowest BCUT2D eigenvalue weighted by atomic mass is 9.64. The fraction of sp³-hybridized carbons (Fsp3) is 0.296. The summed E-state index contributed by atoms with van der Waals surface area (Å²) >= 11 is 6.68. The van der Waals surface area contributed by atoms with E-state index in [4.69, 9.17) is 16.4 Å². The minimum absolute atomic E-state index is 0.179. The maximum Gasteiger partial charge on any atom is 0.198 e. The maximum atomic E-state index is 14.2. The molecule has 3 unspecified atom stereocenters. The normalized spacial score (nSPS) is 24.7. The number of halogens is 3. The van der Waals surface area contributed by atoms with E-state index in [1.54, 1.807) is 42.5 Å². The molecule has 2 aliphatic rings. The highest BCUT2D eigenvalue weighted by molar-refractivity contribution is 6.32. The van der Waals surface area contributed by atoms with Crippen LogP contribution in [0.5, 0.6) is 0 Å². The van der Waals surface area contributed by atoms with Gasteiger partial charge < -0.3 is 0 Å². The van der Waals surface area contributed by atoms with Crippen LogP contribution in [0.2, 0.25) is 5.02 Å². The third kappa shape index (κ3) is 3.50. The quantitative estimate of drug-likeness (QED) is 0.431. The fourth-order valence-electron chi connectivity index (χ4n) is 5.21. The first kappa shape index (κ1) is 22.2. The summed E-state index contributed by atoms with van der Waals surface area (Å²) in [6, 6.07) is 17.3. The maximum absolute atomic E-state index is 14.2. The smallest absolute Gasteiger partial charge is 0.198 e. The van der Waals surface area contributed by atoms with Gasteiger partial charge in [0, 0.05) is 34.0 Å². The van der Waals surface area contributed by atoms with Gasteiger partial charge in [-0.05, 0) is 62.2 Å². The molecule has 0 saturated carbocycles. The van der Waals surface area contributed by atoms with Crippen LogP contribution < -0.4 is 0 Å². The first-order chi connectivity index (χ1) is 15.6. The molecule has 3 atom stereocenters. The molecule has 1 aliphatic carbocycles. The molecule has 2 bridgehead atoms. The van der Waals surface area contributed by atoms with E-state index in [1.807, 2.05) is 25.8 Å². The lowest BCUT2D eigenvalue weighted by Crippen LogP contribution is -2.48. The second-order valence-electron chi connectivity index (χ2n) is 9.78. The molecule has 1 heterocycles. The Bertz CT molecular complexity index is 1220. The van der Waals surface area contributed by atoms with E-state index >= 15 is 0 Å². The lowest BCUT2D eigenvalue weighted by Gasteiger charge is -2.39. The largest absolute Gasteiger partial charge is 0.291 e. The molecule has 1 fully saturated rings. The van der Waals surface area contributed by atoms with E-state index in [2.05, 4.69) is 0 Å². The van der Waals surface area contributed by atoms with Crippen molar-refractivity contribution in [3.63, 3.8) is 0 Å². The number of hydrogen-bond donors (Lipinski definition) is 0. The molecule has 1 aliphatic heterocycles. The Morgan fingerprint density at radius 3 is 2.18 bits per heavy atom. The SMILES string of the molecule is CC(C)(C)N1OC2(Cc3ccc(F)cc3)C(=O)c3cccc(Cl)c3C1C2c1ccc(F)cc1. The van der Waals surface area contributed by atoms with Crippen LogP contribution >= 0.6 is 11.6 Å². The van der Waals surface area contributed by atoms with Crippen LogP contribution in [-0.4, -0.2) is 22.0 Å². The van der Waals surface area contributed by atoms with Gasteiger partial charge in [-0.1, -0.05) is 48.0 Å². The van der Waals surface area contributed by atoms with E-state index in [0.717, 1.165) is 16.7 Å². The zero-order valence-electron chi connectivity index (χ0n) is 18.6. The van der Waals surface area contributed by atoms with E-state index in [9.17, 15) is 13.6 Å². The Balaban J connectivity index is 1.78. The molecule has 0 aromatic heterocycles. The van der Waals surface area contributed by atoms with Gasteiger partial charge in [0.1, 0.15) is 11.6 Å². The summed E-state index contributed by atoms with van der Waals surface area (Å²) in [7, 11) is 0. The van der Waals surface area contributed by atoms with Crippen LogP contribution in [0.1, 0.15) is 59.8 Å². The zero-order valence-corrected chi connectivity index (χ0v) is 19.4. The summed E-state index contributed by atoms with van der Waals surface area (Å²) in [4.78, 5) is 20.8. The Labute approximate surface area is 196 Å². The second-order valence-corrected chi connectivity index (χ2v) is 10.2. The number of ketones is 1. The van der Waals surface area contributed by atoms with Crippen LogP contribution in [-0.2, 0) is 11.3 Å². The number of Topliss-reactive ketones (excluding diaryl/α,β-unsaturated/α-hetero) is 1. The van der Waals surface area contributed by atoms with Gasteiger partial charge in [0.2, 0.25) is 0 Å². The molecule has 170 valence electrons. The van der Waals surface area contributed by atoms with Crippen molar-refractivity contribution >= 4 is 17.4 Å². The molecular formula is C27H24ClF2NO2. The molecule has 0 radical (unpaired) electrons. The number of fused-ring (bicyclic) bond motifs is 4. The molecule has 5 rings (SSSR count). The van der Waals surface area contributed by atoms with Gasteiger partial charge in [0.15, 0.2) is 11.4 Å². The number of nitrogens with zero attached hydrogens (tertiary/aromatic N) is 1. The number of carbonyl (C=O) groups excluding carboxylic acids is 1. The highest BCUT2D eigenvalue weighted by atomic mass is 35.5. The number of rotatable bonds is 3. The summed E-state index contributed by atoms with van der Waals surface area (Å²) in [5, 5.41) is 2.35.